The topological polar surface area (TPSA) is 60.2 Å². The molecule has 1 rings (SSSR count). The third-order valence-corrected chi connectivity index (χ3v) is 2.26. The second-order valence-electron chi connectivity index (χ2n) is 3.92. The molecule has 0 aliphatic carbocycles. The van der Waals surface area contributed by atoms with Gasteiger partial charge in [-0.2, -0.15) is 0 Å². The zero-order valence-electron chi connectivity index (χ0n) is 8.49. The lowest BCUT2D eigenvalue weighted by molar-refractivity contribution is 0.0923. The minimum absolute atomic E-state index is 0.0793. The van der Waals surface area contributed by atoms with E-state index >= 15 is 0 Å². The molecular formula is C8H14BrN3O2. The molecule has 0 fully saturated rings. The smallest absolute Gasteiger partial charge is 0.247 e. The van der Waals surface area contributed by atoms with Crippen LogP contribution < -0.4 is 4.74 Å². The second-order valence-corrected chi connectivity index (χ2v) is 4.67. The van der Waals surface area contributed by atoms with Gasteiger partial charge in [-0.05, 0) is 15.9 Å². The number of aromatic nitrogens is 3. The van der Waals surface area contributed by atoms with Gasteiger partial charge < -0.3 is 9.84 Å². The Morgan fingerprint density at radius 3 is 2.64 bits per heavy atom. The normalized spacial score (nSPS) is 11.8. The summed E-state index contributed by atoms with van der Waals surface area (Å²) < 4.78 is 7.61. The molecule has 0 aliphatic rings. The molecule has 1 N–H and O–H groups in total. The maximum atomic E-state index is 9.03. The van der Waals surface area contributed by atoms with Gasteiger partial charge in [0.15, 0.2) is 4.60 Å². The van der Waals surface area contributed by atoms with Crippen molar-refractivity contribution in [3.63, 3.8) is 0 Å². The number of hydrogen-bond donors (Lipinski definition) is 1. The van der Waals surface area contributed by atoms with Crippen LogP contribution in [0.25, 0.3) is 0 Å². The van der Waals surface area contributed by atoms with Gasteiger partial charge in [-0.1, -0.05) is 19.1 Å². The van der Waals surface area contributed by atoms with E-state index in [2.05, 4.69) is 26.2 Å². The van der Waals surface area contributed by atoms with E-state index < -0.39 is 0 Å². The van der Waals surface area contributed by atoms with Gasteiger partial charge >= 0.3 is 0 Å². The predicted octanol–water partition coefficient (Wildman–Crippen LogP) is 0.975. The Hall–Kier alpha value is -0.620. The molecule has 1 heterocycles. The average Bonchev–Trinajstić information content (AvgIpc) is 2.44. The lowest BCUT2D eigenvalue weighted by Crippen LogP contribution is -2.26. The number of aryl methyl sites for hydroxylation is 1. The molecule has 0 saturated heterocycles. The van der Waals surface area contributed by atoms with Crippen LogP contribution in [0.4, 0.5) is 0 Å². The summed E-state index contributed by atoms with van der Waals surface area (Å²) >= 11 is 3.22. The molecular weight excluding hydrogens is 250 g/mol. The minimum atomic E-state index is -0.260. The molecule has 0 amide bonds. The third kappa shape index (κ3) is 2.68. The molecule has 0 spiro atoms. The fourth-order valence-electron chi connectivity index (χ4n) is 0.786. The Morgan fingerprint density at radius 2 is 2.21 bits per heavy atom. The van der Waals surface area contributed by atoms with Gasteiger partial charge in [0.1, 0.15) is 0 Å². The largest absolute Gasteiger partial charge is 0.475 e. The molecule has 0 unspecified atom stereocenters. The van der Waals surface area contributed by atoms with Crippen LogP contribution in [0.15, 0.2) is 4.60 Å². The van der Waals surface area contributed by atoms with Crippen molar-refractivity contribution >= 4 is 15.9 Å². The van der Waals surface area contributed by atoms with Crippen LogP contribution in [0.2, 0.25) is 0 Å². The summed E-state index contributed by atoms with van der Waals surface area (Å²) in [5.74, 6) is 0.575. The van der Waals surface area contributed by atoms with E-state index in [1.54, 1.807) is 7.05 Å². The van der Waals surface area contributed by atoms with Crippen molar-refractivity contribution in [2.75, 3.05) is 13.2 Å². The molecule has 0 radical (unpaired) electrons. The average molecular weight is 264 g/mol. The first-order valence-corrected chi connectivity index (χ1v) is 5.04. The van der Waals surface area contributed by atoms with E-state index in [1.807, 2.05) is 13.8 Å². The van der Waals surface area contributed by atoms with Crippen LogP contribution in [0, 0.1) is 5.41 Å². The highest BCUT2D eigenvalue weighted by Crippen LogP contribution is 2.23. The van der Waals surface area contributed by atoms with E-state index in [0.717, 1.165) is 0 Å². The molecule has 6 heteroatoms. The van der Waals surface area contributed by atoms with E-state index in [0.29, 0.717) is 17.1 Å². The molecule has 1 aromatic rings. The van der Waals surface area contributed by atoms with E-state index in [-0.39, 0.29) is 12.0 Å². The number of hydrogen-bond acceptors (Lipinski definition) is 4. The molecule has 0 saturated carbocycles. The van der Waals surface area contributed by atoms with Gasteiger partial charge in [0.2, 0.25) is 5.88 Å². The summed E-state index contributed by atoms with van der Waals surface area (Å²) in [4.78, 5) is 0. The maximum Gasteiger partial charge on any atom is 0.247 e. The van der Waals surface area contributed by atoms with Crippen LogP contribution in [-0.4, -0.2) is 33.3 Å². The number of ether oxygens (including phenoxy) is 1. The SMILES string of the molecule is Cn1nnc(Br)c1OCC(C)(C)CO. The van der Waals surface area contributed by atoms with Gasteiger partial charge in [-0.15, -0.1) is 5.10 Å². The van der Waals surface area contributed by atoms with Crippen LogP contribution in [0.1, 0.15) is 13.8 Å². The Balaban J connectivity index is 2.62. The molecule has 1 aromatic heterocycles. The number of halogens is 1. The standard InChI is InChI=1S/C8H14BrN3O2/c1-8(2,4-13)5-14-7-6(9)10-11-12(7)3/h13H,4-5H2,1-3H3. The lowest BCUT2D eigenvalue weighted by atomic mass is 9.97. The van der Waals surface area contributed by atoms with E-state index in [9.17, 15) is 0 Å². The quantitative estimate of drug-likeness (QED) is 0.880. The van der Waals surface area contributed by atoms with Crippen LogP contribution >= 0.6 is 15.9 Å². The van der Waals surface area contributed by atoms with E-state index in [4.69, 9.17) is 9.84 Å². The van der Waals surface area contributed by atoms with Crippen molar-refractivity contribution in [2.24, 2.45) is 12.5 Å². The molecule has 14 heavy (non-hydrogen) atoms. The molecule has 80 valence electrons. The molecule has 0 atom stereocenters. The van der Waals surface area contributed by atoms with Gasteiger partial charge in [-0.25, -0.2) is 4.68 Å². The summed E-state index contributed by atoms with van der Waals surface area (Å²) in [6.07, 6.45) is 0. The second kappa shape index (κ2) is 4.27. The Kier molecular flexibility index (Phi) is 3.49. The van der Waals surface area contributed by atoms with Gasteiger partial charge in [-0.3, -0.25) is 0 Å². The zero-order chi connectivity index (χ0) is 10.8. The number of rotatable bonds is 4. The summed E-state index contributed by atoms with van der Waals surface area (Å²) in [7, 11) is 1.75. The first-order chi connectivity index (χ1) is 6.46. The molecule has 0 aromatic carbocycles. The van der Waals surface area contributed by atoms with Gasteiger partial charge in [0.05, 0.1) is 13.2 Å². The number of aliphatic hydroxyl groups is 1. The summed E-state index contributed by atoms with van der Waals surface area (Å²) in [5, 5.41) is 16.6. The molecule has 5 nitrogen and oxygen atoms in total. The Labute approximate surface area is 91.2 Å². The highest BCUT2D eigenvalue weighted by atomic mass is 79.9. The van der Waals surface area contributed by atoms with Gasteiger partial charge in [0, 0.05) is 12.5 Å². The first kappa shape index (κ1) is 11.5. The van der Waals surface area contributed by atoms with Crippen molar-refractivity contribution in [3.05, 3.63) is 4.60 Å². The highest BCUT2D eigenvalue weighted by molar-refractivity contribution is 9.10. The monoisotopic (exact) mass is 263 g/mol. The van der Waals surface area contributed by atoms with Crippen LogP contribution in [0.3, 0.4) is 0 Å². The predicted molar refractivity (Wildman–Crippen MR) is 55.1 cm³/mol. The number of nitrogens with zero attached hydrogens (tertiary/aromatic N) is 3. The Bertz CT molecular complexity index is 292. The van der Waals surface area contributed by atoms with Gasteiger partial charge in [0.25, 0.3) is 0 Å². The van der Waals surface area contributed by atoms with Crippen molar-refractivity contribution in [1.29, 1.82) is 0 Å². The van der Waals surface area contributed by atoms with Crippen LogP contribution in [0.5, 0.6) is 5.88 Å². The zero-order valence-corrected chi connectivity index (χ0v) is 10.1. The fourth-order valence-corrected chi connectivity index (χ4v) is 1.23. The lowest BCUT2D eigenvalue weighted by Gasteiger charge is -2.21. The van der Waals surface area contributed by atoms with Crippen molar-refractivity contribution < 1.29 is 9.84 Å². The summed E-state index contributed by atoms with van der Waals surface area (Å²) in [6.45, 7) is 4.34. The van der Waals surface area contributed by atoms with Crippen molar-refractivity contribution in [2.45, 2.75) is 13.8 Å². The highest BCUT2D eigenvalue weighted by Gasteiger charge is 2.19. The fraction of sp³-hybridized carbons (Fsp3) is 0.750. The third-order valence-electron chi connectivity index (χ3n) is 1.76. The number of aliphatic hydroxyl groups excluding tert-OH is 1. The summed E-state index contributed by atoms with van der Waals surface area (Å²) in [6, 6.07) is 0. The van der Waals surface area contributed by atoms with Crippen LogP contribution in [-0.2, 0) is 7.05 Å². The van der Waals surface area contributed by atoms with E-state index in [1.165, 1.54) is 4.68 Å². The Morgan fingerprint density at radius 1 is 1.57 bits per heavy atom. The van der Waals surface area contributed by atoms with Crippen molar-refractivity contribution in [3.8, 4) is 5.88 Å². The minimum Gasteiger partial charge on any atom is -0.475 e. The van der Waals surface area contributed by atoms with Crippen molar-refractivity contribution in [1.82, 2.24) is 15.0 Å². The summed E-state index contributed by atoms with van der Waals surface area (Å²) in [5.41, 5.74) is -0.260. The molecule has 0 bridgehead atoms. The maximum absolute atomic E-state index is 9.03. The first-order valence-electron chi connectivity index (χ1n) is 4.25. The molecule has 0 aliphatic heterocycles.